The molecule has 0 bridgehead atoms. The van der Waals surface area contributed by atoms with Crippen LogP contribution in [0.2, 0.25) is 0 Å². The number of sulfone groups is 1. The van der Waals surface area contributed by atoms with Crippen molar-refractivity contribution in [2.24, 2.45) is 0 Å². The lowest BCUT2D eigenvalue weighted by atomic mass is 10.0. The lowest BCUT2D eigenvalue weighted by Crippen LogP contribution is -2.37. The Bertz CT molecular complexity index is 494. The van der Waals surface area contributed by atoms with Gasteiger partial charge in [0, 0.05) is 5.75 Å². The summed E-state index contributed by atoms with van der Waals surface area (Å²) < 4.78 is 22.0. The molecule has 0 saturated heterocycles. The molecule has 0 amide bonds. The lowest BCUT2D eigenvalue weighted by molar-refractivity contribution is 0.162. The van der Waals surface area contributed by atoms with Crippen molar-refractivity contribution >= 4 is 21.4 Å². The molecule has 0 aliphatic rings. The van der Waals surface area contributed by atoms with Crippen molar-refractivity contribution in [3.63, 3.8) is 0 Å². The number of rotatable bonds is 4. The van der Waals surface area contributed by atoms with E-state index < -0.39 is 20.1 Å². The van der Waals surface area contributed by atoms with Crippen molar-refractivity contribution in [3.05, 3.63) is 35.4 Å². The zero-order chi connectivity index (χ0) is 13.3. The third-order valence-electron chi connectivity index (χ3n) is 2.96. The fraction of sp³-hybridized carbons (Fsp3) is 0.500. The normalized spacial score (nSPS) is 17.5. The smallest absolute Gasteiger partial charge is 0.172 e. The van der Waals surface area contributed by atoms with Gasteiger partial charge in [-0.25, -0.2) is 8.42 Å². The van der Waals surface area contributed by atoms with Crippen LogP contribution >= 0.6 is 11.6 Å². The third-order valence-corrected chi connectivity index (χ3v) is 6.07. The summed E-state index contributed by atoms with van der Waals surface area (Å²) in [6, 6.07) is 7.07. The van der Waals surface area contributed by atoms with Crippen LogP contribution in [-0.2, 0) is 9.84 Å². The van der Waals surface area contributed by atoms with Crippen molar-refractivity contribution in [2.45, 2.75) is 31.1 Å². The molecule has 0 radical (unpaired) electrons. The Morgan fingerprint density at radius 1 is 1.41 bits per heavy atom. The summed E-state index contributed by atoms with van der Waals surface area (Å²) in [6.07, 6.45) is -1.24. The molecule has 5 heteroatoms. The molecule has 96 valence electrons. The van der Waals surface area contributed by atoms with E-state index in [1.165, 1.54) is 13.8 Å². The summed E-state index contributed by atoms with van der Waals surface area (Å²) in [5.74, 6) is -0.101. The molecule has 0 spiro atoms. The maximum absolute atomic E-state index is 11.9. The minimum atomic E-state index is -3.55. The Hall–Kier alpha value is -0.580. The van der Waals surface area contributed by atoms with Crippen LogP contribution in [0.25, 0.3) is 0 Å². The van der Waals surface area contributed by atoms with Crippen LogP contribution in [-0.4, -0.2) is 23.5 Å². The number of benzene rings is 1. The first-order valence-electron chi connectivity index (χ1n) is 5.39. The van der Waals surface area contributed by atoms with Crippen molar-refractivity contribution in [3.8, 4) is 0 Å². The number of aliphatic hydroxyl groups is 1. The number of aryl methyl sites for hydroxylation is 1. The van der Waals surface area contributed by atoms with Crippen LogP contribution < -0.4 is 0 Å². The predicted octanol–water partition coefficient (Wildman–Crippen LogP) is 2.42. The molecule has 1 aromatic rings. The number of alkyl halides is 1. The van der Waals surface area contributed by atoms with E-state index in [-0.39, 0.29) is 5.75 Å². The Kier molecular flexibility index (Phi) is 4.23. The average Bonchev–Trinajstić information content (AvgIpc) is 2.28. The minimum Gasteiger partial charge on any atom is -0.385 e. The molecule has 1 rings (SSSR count). The quantitative estimate of drug-likeness (QED) is 0.860. The molecule has 3 nitrogen and oxygen atoms in total. The Balaban J connectivity index is 3.23. The van der Waals surface area contributed by atoms with Crippen molar-refractivity contribution in [2.75, 3.05) is 5.75 Å². The third kappa shape index (κ3) is 2.64. The van der Waals surface area contributed by atoms with Gasteiger partial charge in [0.1, 0.15) is 6.10 Å². The molecule has 0 unspecified atom stereocenters. The second-order valence-electron chi connectivity index (χ2n) is 4.15. The zero-order valence-electron chi connectivity index (χ0n) is 10.1. The van der Waals surface area contributed by atoms with E-state index in [9.17, 15) is 13.5 Å². The highest BCUT2D eigenvalue weighted by Crippen LogP contribution is 2.38. The fourth-order valence-corrected chi connectivity index (χ4v) is 3.10. The van der Waals surface area contributed by atoms with E-state index in [1.54, 1.807) is 12.1 Å². The van der Waals surface area contributed by atoms with E-state index in [2.05, 4.69) is 0 Å². The van der Waals surface area contributed by atoms with Gasteiger partial charge in [-0.1, -0.05) is 42.8 Å². The first kappa shape index (κ1) is 14.5. The van der Waals surface area contributed by atoms with Crippen LogP contribution in [0, 0.1) is 6.92 Å². The molecule has 1 N–H and O–H groups in total. The van der Waals surface area contributed by atoms with Crippen molar-refractivity contribution in [1.82, 2.24) is 0 Å². The zero-order valence-corrected chi connectivity index (χ0v) is 11.7. The van der Waals surface area contributed by atoms with Crippen LogP contribution in [0.5, 0.6) is 0 Å². The molecule has 0 saturated carbocycles. The maximum atomic E-state index is 11.9. The second-order valence-corrected chi connectivity index (χ2v) is 7.81. The molecule has 0 aliphatic carbocycles. The van der Waals surface area contributed by atoms with Crippen LogP contribution in [0.3, 0.4) is 0 Å². The Morgan fingerprint density at radius 2 is 1.94 bits per heavy atom. The van der Waals surface area contributed by atoms with Crippen LogP contribution in [0.4, 0.5) is 0 Å². The monoisotopic (exact) mass is 276 g/mol. The molecule has 0 fully saturated rings. The lowest BCUT2D eigenvalue weighted by Gasteiger charge is -2.28. The van der Waals surface area contributed by atoms with E-state index in [0.29, 0.717) is 5.56 Å². The van der Waals surface area contributed by atoms with Crippen molar-refractivity contribution < 1.29 is 13.5 Å². The largest absolute Gasteiger partial charge is 0.385 e. The Labute approximate surface area is 107 Å². The van der Waals surface area contributed by atoms with Gasteiger partial charge in [-0.15, -0.1) is 0 Å². The highest BCUT2D eigenvalue weighted by molar-refractivity contribution is 7.94. The standard InChI is InChI=1S/C12H17ClO3S/c1-4-17(15,16)12(3,13)11(14)10-8-6-5-7-9(10)2/h5-8,11,14H,4H2,1-3H3/t11-,12-/m0/s1. The summed E-state index contributed by atoms with van der Waals surface area (Å²) in [4.78, 5) is 0. The fourth-order valence-electron chi connectivity index (χ4n) is 1.62. The van der Waals surface area contributed by atoms with E-state index in [0.717, 1.165) is 5.56 Å². The number of hydrogen-bond donors (Lipinski definition) is 1. The summed E-state index contributed by atoms with van der Waals surface area (Å²) in [6.45, 7) is 4.66. The van der Waals surface area contributed by atoms with Gasteiger partial charge in [-0.05, 0) is 25.0 Å². The molecular formula is C12H17ClO3S. The summed E-state index contributed by atoms with van der Waals surface area (Å²) in [7, 11) is -3.55. The van der Waals surface area contributed by atoms with E-state index in [4.69, 9.17) is 11.6 Å². The first-order chi connectivity index (χ1) is 7.74. The number of halogens is 1. The Morgan fingerprint density at radius 3 is 2.41 bits per heavy atom. The summed E-state index contributed by atoms with van der Waals surface area (Å²) >= 11 is 6.05. The van der Waals surface area contributed by atoms with Crippen LogP contribution in [0.15, 0.2) is 24.3 Å². The highest BCUT2D eigenvalue weighted by atomic mass is 35.5. The van der Waals surface area contributed by atoms with Gasteiger partial charge in [-0.3, -0.25) is 0 Å². The minimum absolute atomic E-state index is 0.101. The molecule has 1 aromatic carbocycles. The van der Waals surface area contributed by atoms with Gasteiger partial charge in [-0.2, -0.15) is 0 Å². The summed E-state index contributed by atoms with van der Waals surface area (Å²) in [5, 5.41) is 10.2. The van der Waals surface area contributed by atoms with Crippen LogP contribution in [0.1, 0.15) is 31.1 Å². The maximum Gasteiger partial charge on any atom is 0.172 e. The average molecular weight is 277 g/mol. The number of hydrogen-bond acceptors (Lipinski definition) is 3. The molecule has 0 aliphatic heterocycles. The molecule has 17 heavy (non-hydrogen) atoms. The van der Waals surface area contributed by atoms with E-state index >= 15 is 0 Å². The second kappa shape index (κ2) is 4.96. The first-order valence-corrected chi connectivity index (χ1v) is 7.42. The molecule has 0 heterocycles. The van der Waals surface area contributed by atoms with Gasteiger partial charge >= 0.3 is 0 Å². The van der Waals surface area contributed by atoms with Gasteiger partial charge in [0.05, 0.1) is 0 Å². The van der Waals surface area contributed by atoms with Gasteiger partial charge < -0.3 is 5.11 Å². The highest BCUT2D eigenvalue weighted by Gasteiger charge is 2.43. The molecular weight excluding hydrogens is 260 g/mol. The van der Waals surface area contributed by atoms with E-state index in [1.807, 2.05) is 19.1 Å². The molecule has 0 aromatic heterocycles. The number of aliphatic hydroxyl groups excluding tert-OH is 1. The van der Waals surface area contributed by atoms with Gasteiger partial charge in [0.2, 0.25) is 0 Å². The SMILES string of the molecule is CCS(=O)(=O)[C@](C)(Cl)[C@@H](O)c1ccccc1C. The molecule has 2 atom stereocenters. The van der Waals surface area contributed by atoms with Gasteiger partial charge in [0.25, 0.3) is 0 Å². The summed E-state index contributed by atoms with van der Waals surface area (Å²) in [5.41, 5.74) is 1.36. The predicted molar refractivity (Wildman–Crippen MR) is 69.9 cm³/mol. The topological polar surface area (TPSA) is 54.4 Å². The van der Waals surface area contributed by atoms with Crippen molar-refractivity contribution in [1.29, 1.82) is 0 Å². The van der Waals surface area contributed by atoms with Gasteiger partial charge in [0.15, 0.2) is 14.0 Å².